The number of nitrogens with zero attached hydrogens (tertiary/aromatic N) is 1. The first-order valence-corrected chi connectivity index (χ1v) is 14.5. The molecule has 3 rings (SSSR count). The van der Waals surface area contributed by atoms with Crippen molar-refractivity contribution in [3.05, 3.63) is 47.5 Å². The number of rotatable bonds is 6. The number of nitrogens with one attached hydrogen (secondary N) is 1. The molecule has 0 bridgehead atoms. The van der Waals surface area contributed by atoms with E-state index in [-0.39, 0.29) is 5.75 Å². The maximum atomic E-state index is 13.3. The van der Waals surface area contributed by atoms with Crippen molar-refractivity contribution in [1.29, 1.82) is 5.26 Å². The van der Waals surface area contributed by atoms with Crippen LogP contribution in [0.2, 0.25) is 0 Å². The molecular weight excluding hydrogens is 484 g/mol. The second-order valence-electron chi connectivity index (χ2n) is 10.1. The van der Waals surface area contributed by atoms with Crippen LogP contribution >= 0.6 is 11.3 Å². The van der Waals surface area contributed by atoms with E-state index >= 15 is 0 Å². The molecule has 2 aromatic carbocycles. The zero-order valence-electron chi connectivity index (χ0n) is 20.6. The molecule has 1 aromatic heterocycles. The van der Waals surface area contributed by atoms with E-state index in [4.69, 9.17) is 0 Å². The van der Waals surface area contributed by atoms with Gasteiger partial charge in [0.25, 0.3) is 0 Å². The third-order valence-corrected chi connectivity index (χ3v) is 11.3. The van der Waals surface area contributed by atoms with Gasteiger partial charge < -0.3 is 4.55 Å². The Balaban J connectivity index is 2.22. The van der Waals surface area contributed by atoms with Gasteiger partial charge >= 0.3 is 0 Å². The predicted octanol–water partition coefficient (Wildman–Crippen LogP) is 5.41. The van der Waals surface area contributed by atoms with E-state index in [1.54, 1.807) is 25.2 Å². The first-order chi connectivity index (χ1) is 15.6. The minimum absolute atomic E-state index is 0.373. The monoisotopic (exact) mass is 514 g/mol. The second kappa shape index (κ2) is 9.18. The number of thiophene rings is 1. The molecule has 8 heteroatoms. The molecule has 180 valence electrons. The molecule has 0 aliphatic carbocycles. The fourth-order valence-corrected chi connectivity index (χ4v) is 7.06. The summed E-state index contributed by atoms with van der Waals surface area (Å²) in [6.07, 6.45) is 0. The van der Waals surface area contributed by atoms with Gasteiger partial charge in [-0.3, -0.25) is 0 Å². The van der Waals surface area contributed by atoms with Crippen LogP contribution in [0.25, 0.3) is 20.2 Å². The summed E-state index contributed by atoms with van der Waals surface area (Å²) in [6.45, 7) is 11.8. The lowest BCUT2D eigenvalue weighted by Gasteiger charge is -2.36. The van der Waals surface area contributed by atoms with E-state index in [1.807, 2.05) is 63.2 Å². The molecular formula is C26H30N2O3S3. The highest BCUT2D eigenvalue weighted by atomic mass is 32.2. The molecule has 0 fully saturated rings. The van der Waals surface area contributed by atoms with E-state index < -0.39 is 36.2 Å². The molecule has 34 heavy (non-hydrogen) atoms. The summed E-state index contributed by atoms with van der Waals surface area (Å²) in [5.74, 6) is 5.64. The Morgan fingerprint density at radius 3 is 2.18 bits per heavy atom. The van der Waals surface area contributed by atoms with Crippen LogP contribution in [0.1, 0.15) is 59.6 Å². The van der Waals surface area contributed by atoms with Crippen molar-refractivity contribution in [2.24, 2.45) is 0 Å². The first kappa shape index (κ1) is 26.5. The van der Waals surface area contributed by atoms with E-state index in [9.17, 15) is 18.2 Å². The number of hydrogen-bond acceptors (Lipinski definition) is 6. The first-order valence-electron chi connectivity index (χ1n) is 10.9. The summed E-state index contributed by atoms with van der Waals surface area (Å²) in [4.78, 5) is 0. The molecule has 0 spiro atoms. The Bertz CT molecular complexity index is 1450. The van der Waals surface area contributed by atoms with Crippen LogP contribution in [0.4, 0.5) is 0 Å². The standard InChI is InChI=1S/C26H30N2O3S3/c1-8-9-18-10-12-22-20(14-18)21-15-19(11-13-23(21)32-22)26(7,28-33(29)24(2,3)4)17-34(30,31)25(5,6)16-27/h10-15,28H,17H2,1-7H3/t26?,33-/m1/s1. The van der Waals surface area contributed by atoms with Crippen molar-refractivity contribution in [3.8, 4) is 17.9 Å². The minimum atomic E-state index is -3.88. The minimum Gasteiger partial charge on any atom is -0.598 e. The van der Waals surface area contributed by atoms with Crippen LogP contribution in [0, 0.1) is 23.2 Å². The van der Waals surface area contributed by atoms with Crippen LogP contribution < -0.4 is 4.72 Å². The largest absolute Gasteiger partial charge is 0.598 e. The fraction of sp³-hybridized carbons (Fsp3) is 0.423. The van der Waals surface area contributed by atoms with Gasteiger partial charge in [0.15, 0.2) is 14.6 Å². The van der Waals surface area contributed by atoms with Crippen molar-refractivity contribution in [2.75, 3.05) is 5.75 Å². The van der Waals surface area contributed by atoms with E-state index in [0.717, 1.165) is 25.7 Å². The van der Waals surface area contributed by atoms with Crippen LogP contribution in [-0.2, 0) is 26.7 Å². The van der Waals surface area contributed by atoms with Gasteiger partial charge in [-0.2, -0.15) is 5.26 Å². The summed E-state index contributed by atoms with van der Waals surface area (Å²) in [5, 5.41) is 11.5. The molecule has 5 nitrogen and oxygen atoms in total. The fourth-order valence-electron chi connectivity index (χ4n) is 3.50. The SMILES string of the molecule is CC#Cc1ccc2sc3ccc(C(C)(CS(=O)(=O)C(C)(C)C#N)N[S@+]([O-])C(C)(C)C)cc3c2c1. The van der Waals surface area contributed by atoms with E-state index in [1.165, 1.54) is 13.8 Å². The lowest BCUT2D eigenvalue weighted by atomic mass is 9.93. The zero-order valence-corrected chi connectivity index (χ0v) is 23.0. The molecule has 1 heterocycles. The second-order valence-corrected chi connectivity index (χ2v) is 15.7. The Kier molecular flexibility index (Phi) is 7.17. The Labute approximate surface area is 209 Å². The molecule has 0 aliphatic rings. The highest BCUT2D eigenvalue weighted by Gasteiger charge is 2.45. The molecule has 1 N–H and O–H groups in total. The molecule has 0 aliphatic heterocycles. The summed E-state index contributed by atoms with van der Waals surface area (Å²) < 4.78 is 42.8. The van der Waals surface area contributed by atoms with Crippen molar-refractivity contribution >= 4 is 52.7 Å². The zero-order chi connectivity index (χ0) is 25.5. The van der Waals surface area contributed by atoms with Crippen LogP contribution in [0.3, 0.4) is 0 Å². The highest BCUT2D eigenvalue weighted by Crippen LogP contribution is 2.38. The van der Waals surface area contributed by atoms with E-state index in [0.29, 0.717) is 5.56 Å². The van der Waals surface area contributed by atoms with Gasteiger partial charge in [0.05, 0.1) is 17.4 Å². The lowest BCUT2D eigenvalue weighted by molar-refractivity contribution is 0.450. The normalized spacial score (nSPS) is 15.4. The lowest BCUT2D eigenvalue weighted by Crippen LogP contribution is -2.54. The topological polar surface area (TPSA) is 93.0 Å². The van der Waals surface area contributed by atoms with Gasteiger partial charge in [-0.15, -0.1) is 22.0 Å². The van der Waals surface area contributed by atoms with Gasteiger partial charge in [-0.25, -0.2) is 8.42 Å². The van der Waals surface area contributed by atoms with Crippen molar-refractivity contribution < 1.29 is 13.0 Å². The van der Waals surface area contributed by atoms with Gasteiger partial charge in [0.2, 0.25) is 0 Å². The van der Waals surface area contributed by atoms with E-state index in [2.05, 4.69) is 16.6 Å². The average Bonchev–Trinajstić information content (AvgIpc) is 3.10. The number of nitriles is 1. The Hall–Kier alpha value is -2.07. The summed E-state index contributed by atoms with van der Waals surface area (Å²) >= 11 is 0.116. The number of hydrogen-bond donors (Lipinski definition) is 1. The third kappa shape index (κ3) is 5.12. The number of sulfone groups is 1. The highest BCUT2D eigenvalue weighted by molar-refractivity contribution is 7.93. The third-order valence-electron chi connectivity index (χ3n) is 5.78. The Morgan fingerprint density at radius 1 is 1.03 bits per heavy atom. The summed E-state index contributed by atoms with van der Waals surface area (Å²) in [6, 6.07) is 13.8. The van der Waals surface area contributed by atoms with Crippen molar-refractivity contribution in [2.45, 2.75) is 63.5 Å². The maximum absolute atomic E-state index is 13.3. The molecule has 0 amide bonds. The number of benzene rings is 2. The van der Waals surface area contributed by atoms with Gasteiger partial charge in [0.1, 0.15) is 4.75 Å². The molecule has 2 atom stereocenters. The number of fused-ring (bicyclic) bond motifs is 3. The van der Waals surface area contributed by atoms with Crippen LogP contribution in [-0.4, -0.2) is 28.2 Å². The van der Waals surface area contributed by atoms with Crippen LogP contribution in [0.5, 0.6) is 0 Å². The van der Waals surface area contributed by atoms with Gasteiger partial charge in [0, 0.05) is 37.1 Å². The maximum Gasteiger partial charge on any atom is 0.171 e. The molecule has 0 radical (unpaired) electrons. The smallest absolute Gasteiger partial charge is 0.171 e. The Morgan fingerprint density at radius 2 is 1.62 bits per heavy atom. The van der Waals surface area contributed by atoms with Gasteiger partial charge in [-0.1, -0.05) is 12.0 Å². The summed E-state index contributed by atoms with van der Waals surface area (Å²) in [7, 11) is -3.88. The van der Waals surface area contributed by atoms with Crippen molar-refractivity contribution in [1.82, 2.24) is 4.72 Å². The van der Waals surface area contributed by atoms with Gasteiger partial charge in [-0.05, 0) is 84.4 Å². The molecule has 0 saturated carbocycles. The predicted molar refractivity (Wildman–Crippen MR) is 144 cm³/mol. The molecule has 3 aromatic rings. The average molecular weight is 515 g/mol. The summed E-state index contributed by atoms with van der Waals surface area (Å²) in [5.41, 5.74) is 0.420. The molecule has 1 unspecified atom stereocenters. The quantitative estimate of drug-likeness (QED) is 0.351. The molecule has 0 saturated heterocycles. The van der Waals surface area contributed by atoms with Crippen molar-refractivity contribution in [3.63, 3.8) is 0 Å². The van der Waals surface area contributed by atoms with Crippen LogP contribution in [0.15, 0.2) is 36.4 Å².